The maximum absolute atomic E-state index is 11.2. The lowest BCUT2D eigenvalue weighted by atomic mass is 10.2. The van der Waals surface area contributed by atoms with Crippen molar-refractivity contribution >= 4 is 23.9 Å². The number of carbonyl (C=O) groups is 4. The van der Waals surface area contributed by atoms with Crippen LogP contribution < -0.4 is 0 Å². The van der Waals surface area contributed by atoms with Crippen LogP contribution >= 0.6 is 0 Å². The first-order chi connectivity index (χ1) is 8.90. The molecule has 1 fully saturated rings. The van der Waals surface area contributed by atoms with E-state index in [4.69, 9.17) is 10.2 Å². The van der Waals surface area contributed by atoms with Gasteiger partial charge >= 0.3 is 23.9 Å². The molecule has 1 heterocycles. The fourth-order valence-electron chi connectivity index (χ4n) is 1.25. The van der Waals surface area contributed by atoms with Crippen LogP contribution in [0.1, 0.15) is 25.7 Å². The predicted molar refractivity (Wildman–Crippen MR) is 54.2 cm³/mol. The number of carboxylic acid groups (broad SMARTS) is 1. The van der Waals surface area contributed by atoms with E-state index in [2.05, 4.69) is 14.5 Å². The number of hydrogen-bond donors (Lipinski definition) is 2. The van der Waals surface area contributed by atoms with Crippen molar-refractivity contribution in [2.45, 2.75) is 37.9 Å². The summed E-state index contributed by atoms with van der Waals surface area (Å²) in [5, 5.41) is 17.2. The minimum Gasteiger partial charge on any atom is -0.479 e. The molecule has 2 atom stereocenters. The second-order valence-corrected chi connectivity index (χ2v) is 3.77. The second kappa shape index (κ2) is 6.69. The summed E-state index contributed by atoms with van der Waals surface area (Å²) in [7, 11) is 0. The summed E-state index contributed by atoms with van der Waals surface area (Å²) in [6.07, 6.45) is -3.37. The lowest BCUT2D eigenvalue weighted by molar-refractivity contribution is -0.264. The molecule has 1 saturated heterocycles. The number of ether oxygens (including phenoxy) is 1. The van der Waals surface area contributed by atoms with Crippen LogP contribution in [0.4, 0.5) is 0 Å². The Morgan fingerprint density at radius 3 is 2.58 bits per heavy atom. The van der Waals surface area contributed by atoms with Gasteiger partial charge in [-0.1, -0.05) is 0 Å². The van der Waals surface area contributed by atoms with Gasteiger partial charge in [-0.3, -0.25) is 4.79 Å². The molecule has 19 heavy (non-hydrogen) atoms. The Morgan fingerprint density at radius 1 is 1.37 bits per heavy atom. The largest absolute Gasteiger partial charge is 0.479 e. The molecule has 0 aromatic carbocycles. The number of aliphatic hydroxyl groups excluding tert-OH is 1. The van der Waals surface area contributed by atoms with Crippen LogP contribution in [0.25, 0.3) is 0 Å². The zero-order chi connectivity index (χ0) is 14.4. The molecule has 1 aliphatic rings. The molecule has 0 spiro atoms. The standard InChI is InChI=1S/C10H12O9/c11-5(9(14)15)1-3-8(13)18-19-10(16)6-2-4-7(12)17-6/h5-6,11H,1-4H2,(H,14,15). The molecule has 2 unspecified atom stereocenters. The van der Waals surface area contributed by atoms with E-state index in [1.165, 1.54) is 0 Å². The van der Waals surface area contributed by atoms with E-state index in [9.17, 15) is 19.2 Å². The van der Waals surface area contributed by atoms with Crippen LogP contribution in [0, 0.1) is 0 Å². The summed E-state index contributed by atoms with van der Waals surface area (Å²) in [6.45, 7) is 0. The third-order valence-electron chi connectivity index (χ3n) is 2.27. The maximum atomic E-state index is 11.2. The third kappa shape index (κ3) is 4.92. The molecular formula is C10H12O9. The van der Waals surface area contributed by atoms with Gasteiger partial charge in [-0.2, -0.15) is 0 Å². The first kappa shape index (κ1) is 14.9. The van der Waals surface area contributed by atoms with Crippen molar-refractivity contribution in [2.24, 2.45) is 0 Å². The Morgan fingerprint density at radius 2 is 2.05 bits per heavy atom. The summed E-state index contributed by atoms with van der Waals surface area (Å²) in [5.74, 6) is -4.04. The third-order valence-corrected chi connectivity index (χ3v) is 2.27. The van der Waals surface area contributed by atoms with Gasteiger partial charge in [-0.15, -0.1) is 0 Å². The quantitative estimate of drug-likeness (QED) is 0.365. The van der Waals surface area contributed by atoms with Crippen molar-refractivity contribution in [3.63, 3.8) is 0 Å². The van der Waals surface area contributed by atoms with Crippen LogP contribution in [-0.2, 0) is 33.7 Å². The van der Waals surface area contributed by atoms with Gasteiger partial charge < -0.3 is 14.9 Å². The smallest absolute Gasteiger partial charge is 0.395 e. The highest BCUT2D eigenvalue weighted by Crippen LogP contribution is 2.15. The molecule has 0 aromatic heterocycles. The van der Waals surface area contributed by atoms with E-state index in [1.54, 1.807) is 0 Å². The molecule has 0 aromatic rings. The number of carbonyl (C=O) groups excluding carboxylic acids is 3. The van der Waals surface area contributed by atoms with E-state index in [1.807, 2.05) is 0 Å². The van der Waals surface area contributed by atoms with Gasteiger partial charge in [-0.25, -0.2) is 24.2 Å². The lowest BCUT2D eigenvalue weighted by Gasteiger charge is -2.08. The minimum atomic E-state index is -1.70. The molecule has 0 aliphatic carbocycles. The summed E-state index contributed by atoms with van der Waals surface area (Å²) in [6, 6.07) is 0. The molecule has 0 saturated carbocycles. The van der Waals surface area contributed by atoms with Gasteiger partial charge in [0.15, 0.2) is 6.10 Å². The van der Waals surface area contributed by atoms with Gasteiger partial charge in [0.1, 0.15) is 0 Å². The minimum absolute atomic E-state index is 0.0819. The summed E-state index contributed by atoms with van der Waals surface area (Å²) < 4.78 is 4.56. The summed E-state index contributed by atoms with van der Waals surface area (Å²) in [4.78, 5) is 51.5. The monoisotopic (exact) mass is 276 g/mol. The number of cyclic esters (lactones) is 1. The van der Waals surface area contributed by atoms with Gasteiger partial charge in [-0.05, 0) is 6.42 Å². The normalized spacial score (nSPS) is 19.4. The van der Waals surface area contributed by atoms with Crippen molar-refractivity contribution in [3.8, 4) is 0 Å². The Balaban J connectivity index is 2.21. The van der Waals surface area contributed by atoms with E-state index in [0.29, 0.717) is 0 Å². The molecule has 9 nitrogen and oxygen atoms in total. The number of hydrogen-bond acceptors (Lipinski definition) is 8. The average molecular weight is 276 g/mol. The highest BCUT2D eigenvalue weighted by molar-refractivity contribution is 5.83. The molecule has 0 amide bonds. The lowest BCUT2D eigenvalue weighted by Crippen LogP contribution is -2.25. The van der Waals surface area contributed by atoms with Crippen molar-refractivity contribution in [1.29, 1.82) is 0 Å². The maximum Gasteiger partial charge on any atom is 0.395 e. The highest BCUT2D eigenvalue weighted by atomic mass is 17.2. The average Bonchev–Trinajstić information content (AvgIpc) is 2.79. The molecule has 9 heteroatoms. The molecule has 1 aliphatic heterocycles. The van der Waals surface area contributed by atoms with Crippen molar-refractivity contribution in [2.75, 3.05) is 0 Å². The first-order valence-electron chi connectivity index (χ1n) is 5.41. The van der Waals surface area contributed by atoms with E-state index in [-0.39, 0.29) is 19.3 Å². The number of aliphatic hydroxyl groups is 1. The van der Waals surface area contributed by atoms with Gasteiger partial charge in [0, 0.05) is 12.8 Å². The van der Waals surface area contributed by atoms with Crippen LogP contribution in [0.2, 0.25) is 0 Å². The zero-order valence-electron chi connectivity index (χ0n) is 9.74. The number of esters is 1. The second-order valence-electron chi connectivity index (χ2n) is 3.77. The topological polar surface area (TPSA) is 136 Å². The van der Waals surface area contributed by atoms with Crippen molar-refractivity contribution in [3.05, 3.63) is 0 Å². The Labute approximate surface area is 107 Å². The van der Waals surface area contributed by atoms with Crippen LogP contribution in [0.15, 0.2) is 0 Å². The Hall–Kier alpha value is -2.16. The summed E-state index contributed by atoms with van der Waals surface area (Å²) >= 11 is 0. The van der Waals surface area contributed by atoms with Crippen LogP contribution in [-0.4, -0.2) is 46.3 Å². The highest BCUT2D eigenvalue weighted by Gasteiger charge is 2.32. The molecule has 106 valence electrons. The SMILES string of the molecule is O=C(CCC(O)C(=O)O)OOC(=O)C1CCC(=O)O1. The number of aliphatic carboxylic acids is 1. The van der Waals surface area contributed by atoms with Gasteiger partial charge in [0.05, 0.1) is 6.42 Å². The molecule has 0 radical (unpaired) electrons. The number of carboxylic acids is 1. The van der Waals surface area contributed by atoms with Crippen molar-refractivity contribution < 1.29 is 43.9 Å². The fourth-order valence-corrected chi connectivity index (χ4v) is 1.25. The van der Waals surface area contributed by atoms with Gasteiger partial charge in [0.25, 0.3) is 0 Å². The molecule has 0 bridgehead atoms. The van der Waals surface area contributed by atoms with Crippen LogP contribution in [0.3, 0.4) is 0 Å². The molecular weight excluding hydrogens is 264 g/mol. The van der Waals surface area contributed by atoms with E-state index < -0.39 is 42.5 Å². The molecule has 1 rings (SSSR count). The Bertz CT molecular complexity index is 388. The Kier molecular flexibility index (Phi) is 5.24. The summed E-state index contributed by atoms with van der Waals surface area (Å²) in [5.41, 5.74) is 0. The van der Waals surface area contributed by atoms with Crippen molar-refractivity contribution in [1.82, 2.24) is 0 Å². The zero-order valence-corrected chi connectivity index (χ0v) is 9.74. The van der Waals surface area contributed by atoms with Gasteiger partial charge in [0.2, 0.25) is 6.10 Å². The van der Waals surface area contributed by atoms with E-state index in [0.717, 1.165) is 0 Å². The fraction of sp³-hybridized carbons (Fsp3) is 0.600. The number of rotatable bonds is 5. The predicted octanol–water partition coefficient (Wildman–Crippen LogP) is -1.08. The van der Waals surface area contributed by atoms with Crippen LogP contribution in [0.5, 0.6) is 0 Å². The van der Waals surface area contributed by atoms with E-state index >= 15 is 0 Å². The molecule has 2 N–H and O–H groups in total. The first-order valence-corrected chi connectivity index (χ1v) is 5.41.